The third kappa shape index (κ3) is 2.65. The van der Waals surface area contributed by atoms with Crippen molar-refractivity contribution in [2.45, 2.75) is 19.4 Å². The minimum absolute atomic E-state index is 0.0879. The molecule has 0 amide bonds. The third-order valence-electron chi connectivity index (χ3n) is 3.52. The summed E-state index contributed by atoms with van der Waals surface area (Å²) < 4.78 is 10.8. The second kappa shape index (κ2) is 5.58. The van der Waals surface area contributed by atoms with Gasteiger partial charge in [0.25, 0.3) is 0 Å². The van der Waals surface area contributed by atoms with E-state index in [0.717, 1.165) is 18.0 Å². The first kappa shape index (κ1) is 14.5. The van der Waals surface area contributed by atoms with Gasteiger partial charge in [-0.25, -0.2) is 0 Å². The van der Waals surface area contributed by atoms with Crippen LogP contribution in [0.1, 0.15) is 19.4 Å². The van der Waals surface area contributed by atoms with Crippen LogP contribution in [-0.4, -0.2) is 43.5 Å². The van der Waals surface area contributed by atoms with Crippen LogP contribution in [0.4, 0.5) is 5.69 Å². The fourth-order valence-corrected chi connectivity index (χ4v) is 2.44. The molecule has 1 aliphatic heterocycles. The molecule has 0 spiro atoms. The minimum atomic E-state index is -0.172. The Labute approximate surface area is 118 Å². The molecule has 1 heterocycles. The number of methoxy groups -OCH3 is 1. The van der Waals surface area contributed by atoms with Gasteiger partial charge in [0, 0.05) is 18.2 Å². The number of hydrogen-bond donors (Lipinski definition) is 2. The van der Waals surface area contributed by atoms with E-state index in [9.17, 15) is 0 Å². The predicted octanol–water partition coefficient (Wildman–Crippen LogP) is 1.40. The monoisotopic (exact) mass is 279 g/mol. The van der Waals surface area contributed by atoms with Crippen molar-refractivity contribution in [3.05, 3.63) is 23.8 Å². The quantitative estimate of drug-likeness (QED) is 0.378. The van der Waals surface area contributed by atoms with E-state index in [-0.39, 0.29) is 11.4 Å². The topological polar surface area (TPSA) is 80.3 Å². The number of ether oxygens (including phenoxy) is 2. The zero-order chi connectivity index (χ0) is 14.8. The Balaban J connectivity index is 2.52. The highest BCUT2D eigenvalue weighted by Gasteiger charge is 2.32. The first-order valence-corrected chi connectivity index (χ1v) is 6.51. The highest BCUT2D eigenvalue weighted by Crippen LogP contribution is 2.32. The van der Waals surface area contributed by atoms with Crippen molar-refractivity contribution in [3.63, 3.8) is 0 Å². The standard InChI is InChI=1S/C14H21N3O3/c1-14(2)9-20-7-6-17(14)12-8-10(19-3)4-5-11(12)13(15)16-18/h4-5,8,18H,6-7,9H2,1-3H3,(H2,15,16). The van der Waals surface area contributed by atoms with Crippen LogP contribution in [-0.2, 0) is 4.74 Å². The molecule has 1 aromatic rings. The van der Waals surface area contributed by atoms with Gasteiger partial charge in [-0.1, -0.05) is 5.16 Å². The van der Waals surface area contributed by atoms with Crippen LogP contribution in [0.2, 0.25) is 0 Å². The molecule has 1 aliphatic rings. The predicted molar refractivity (Wildman–Crippen MR) is 77.7 cm³/mol. The highest BCUT2D eigenvalue weighted by atomic mass is 16.5. The highest BCUT2D eigenvalue weighted by molar-refractivity contribution is 6.02. The zero-order valence-electron chi connectivity index (χ0n) is 12.1. The molecule has 0 aliphatic carbocycles. The fourth-order valence-electron chi connectivity index (χ4n) is 2.44. The lowest BCUT2D eigenvalue weighted by atomic mass is 9.99. The van der Waals surface area contributed by atoms with Crippen LogP contribution in [0.15, 0.2) is 23.4 Å². The van der Waals surface area contributed by atoms with Crippen LogP contribution in [0.25, 0.3) is 0 Å². The average molecular weight is 279 g/mol. The van der Waals surface area contributed by atoms with Crippen LogP contribution in [0, 0.1) is 0 Å². The van der Waals surface area contributed by atoms with Crippen molar-refractivity contribution in [2.24, 2.45) is 10.9 Å². The van der Waals surface area contributed by atoms with Gasteiger partial charge in [-0.15, -0.1) is 0 Å². The lowest BCUT2D eigenvalue weighted by molar-refractivity contribution is 0.0643. The SMILES string of the molecule is COc1ccc(/C(N)=N/O)c(N2CCOCC2(C)C)c1. The maximum atomic E-state index is 8.96. The van der Waals surface area contributed by atoms with E-state index in [4.69, 9.17) is 20.4 Å². The summed E-state index contributed by atoms with van der Waals surface area (Å²) in [5, 5.41) is 12.1. The Morgan fingerprint density at radius 3 is 2.85 bits per heavy atom. The van der Waals surface area contributed by atoms with Crippen molar-refractivity contribution < 1.29 is 14.7 Å². The van der Waals surface area contributed by atoms with Crippen molar-refractivity contribution in [1.29, 1.82) is 0 Å². The van der Waals surface area contributed by atoms with Crippen LogP contribution < -0.4 is 15.4 Å². The normalized spacial score (nSPS) is 18.9. The summed E-state index contributed by atoms with van der Waals surface area (Å²) in [6.07, 6.45) is 0. The second-order valence-electron chi connectivity index (χ2n) is 5.38. The molecule has 3 N–H and O–H groups in total. The van der Waals surface area contributed by atoms with E-state index in [1.807, 2.05) is 6.07 Å². The Bertz CT molecular complexity index is 514. The number of benzene rings is 1. The van der Waals surface area contributed by atoms with Gasteiger partial charge in [0.1, 0.15) is 5.75 Å². The minimum Gasteiger partial charge on any atom is -0.497 e. The lowest BCUT2D eigenvalue weighted by Gasteiger charge is -2.44. The zero-order valence-corrected chi connectivity index (χ0v) is 12.1. The molecule has 0 unspecified atom stereocenters. The van der Waals surface area contributed by atoms with Crippen molar-refractivity contribution >= 4 is 11.5 Å². The van der Waals surface area contributed by atoms with Crippen LogP contribution in [0.3, 0.4) is 0 Å². The first-order valence-electron chi connectivity index (χ1n) is 6.51. The third-order valence-corrected chi connectivity index (χ3v) is 3.52. The summed E-state index contributed by atoms with van der Waals surface area (Å²) in [7, 11) is 1.62. The average Bonchev–Trinajstić information content (AvgIpc) is 2.45. The van der Waals surface area contributed by atoms with E-state index in [1.54, 1.807) is 19.2 Å². The van der Waals surface area contributed by atoms with Crippen molar-refractivity contribution in [1.82, 2.24) is 0 Å². The molecule has 0 radical (unpaired) electrons. The van der Waals surface area contributed by atoms with Gasteiger partial charge in [-0.3, -0.25) is 0 Å². The lowest BCUT2D eigenvalue weighted by Crippen LogP contribution is -2.53. The number of nitrogens with zero attached hydrogens (tertiary/aromatic N) is 2. The second-order valence-corrected chi connectivity index (χ2v) is 5.38. The van der Waals surface area contributed by atoms with Gasteiger partial charge in [0.05, 0.1) is 31.5 Å². The van der Waals surface area contributed by atoms with Gasteiger partial charge in [0.15, 0.2) is 5.84 Å². The largest absolute Gasteiger partial charge is 0.497 e. The number of oxime groups is 1. The molecule has 0 bridgehead atoms. The van der Waals surface area contributed by atoms with Gasteiger partial charge in [0.2, 0.25) is 0 Å². The summed E-state index contributed by atoms with van der Waals surface area (Å²) in [4.78, 5) is 2.20. The summed E-state index contributed by atoms with van der Waals surface area (Å²) in [6.45, 7) is 6.21. The Morgan fingerprint density at radius 2 is 2.25 bits per heavy atom. The molecule has 0 aromatic heterocycles. The van der Waals surface area contributed by atoms with Crippen molar-refractivity contribution in [2.75, 3.05) is 31.8 Å². The molecule has 1 saturated heterocycles. The molecule has 110 valence electrons. The molecular weight excluding hydrogens is 258 g/mol. The molecule has 1 fully saturated rings. The number of hydrogen-bond acceptors (Lipinski definition) is 5. The number of anilines is 1. The molecule has 1 aromatic carbocycles. The molecule has 0 atom stereocenters. The van der Waals surface area contributed by atoms with Gasteiger partial charge >= 0.3 is 0 Å². The van der Waals surface area contributed by atoms with Gasteiger partial charge < -0.3 is 25.3 Å². The first-order chi connectivity index (χ1) is 9.49. The maximum absolute atomic E-state index is 8.96. The molecule has 6 nitrogen and oxygen atoms in total. The van der Waals surface area contributed by atoms with E-state index < -0.39 is 0 Å². The number of rotatable bonds is 3. The van der Waals surface area contributed by atoms with E-state index in [2.05, 4.69) is 23.9 Å². The smallest absolute Gasteiger partial charge is 0.172 e. The molecule has 0 saturated carbocycles. The Hall–Kier alpha value is -1.95. The van der Waals surface area contributed by atoms with Gasteiger partial charge in [-0.2, -0.15) is 0 Å². The summed E-state index contributed by atoms with van der Waals surface area (Å²) >= 11 is 0. The molecule has 6 heteroatoms. The number of morpholine rings is 1. The summed E-state index contributed by atoms with van der Waals surface area (Å²) in [5.41, 5.74) is 7.18. The molecule has 2 rings (SSSR count). The maximum Gasteiger partial charge on any atom is 0.172 e. The fraction of sp³-hybridized carbons (Fsp3) is 0.500. The van der Waals surface area contributed by atoms with Crippen LogP contribution >= 0.6 is 0 Å². The molecule has 20 heavy (non-hydrogen) atoms. The van der Waals surface area contributed by atoms with E-state index >= 15 is 0 Å². The summed E-state index contributed by atoms with van der Waals surface area (Å²) in [5.74, 6) is 0.821. The Morgan fingerprint density at radius 1 is 1.50 bits per heavy atom. The van der Waals surface area contributed by atoms with Crippen LogP contribution in [0.5, 0.6) is 5.75 Å². The molecular formula is C14H21N3O3. The van der Waals surface area contributed by atoms with Gasteiger partial charge in [-0.05, 0) is 26.0 Å². The number of nitrogens with two attached hydrogens (primary N) is 1. The number of amidine groups is 1. The van der Waals surface area contributed by atoms with E-state index in [1.165, 1.54) is 0 Å². The summed E-state index contributed by atoms with van der Waals surface area (Å²) in [6, 6.07) is 5.50. The van der Waals surface area contributed by atoms with E-state index in [0.29, 0.717) is 18.8 Å². The van der Waals surface area contributed by atoms with Crippen molar-refractivity contribution in [3.8, 4) is 5.75 Å². The Kier molecular flexibility index (Phi) is 4.04.